The van der Waals surface area contributed by atoms with E-state index in [1.165, 1.54) is 26.6 Å². The zero-order valence-corrected chi connectivity index (χ0v) is 30.9. The summed E-state index contributed by atoms with van der Waals surface area (Å²) in [5.74, 6) is -1.82. The fraction of sp³-hybridized carbons (Fsp3) is 0.528. The van der Waals surface area contributed by atoms with Crippen molar-refractivity contribution in [2.24, 2.45) is 11.8 Å². The lowest BCUT2D eigenvalue weighted by atomic mass is 9.66. The van der Waals surface area contributed by atoms with E-state index in [9.17, 15) is 35.0 Å². The number of phenolic OH excluding ortho intramolecular Hbond substituents is 1. The molecular weight excluding hydrogens is 760 g/mol. The predicted octanol–water partition coefficient (Wildman–Crippen LogP) is 0.238. The van der Waals surface area contributed by atoms with Crippen LogP contribution in [0.5, 0.6) is 28.7 Å². The topological polar surface area (TPSA) is 271 Å². The fourth-order valence-corrected chi connectivity index (χ4v) is 7.74. The van der Waals surface area contributed by atoms with Gasteiger partial charge in [0.2, 0.25) is 12.5 Å². The van der Waals surface area contributed by atoms with E-state index in [1.807, 2.05) is 0 Å². The first kappa shape index (κ1) is 39.9. The highest BCUT2D eigenvalue weighted by Gasteiger charge is 2.56. The van der Waals surface area contributed by atoms with Gasteiger partial charge in [-0.2, -0.15) is 0 Å². The van der Waals surface area contributed by atoms with Crippen LogP contribution in [0.1, 0.15) is 35.6 Å². The van der Waals surface area contributed by atoms with Gasteiger partial charge >= 0.3 is 11.9 Å². The van der Waals surface area contributed by atoms with E-state index in [1.54, 1.807) is 31.2 Å². The van der Waals surface area contributed by atoms with Crippen LogP contribution < -0.4 is 24.3 Å². The highest BCUT2D eigenvalue weighted by Crippen LogP contribution is 2.57. The van der Waals surface area contributed by atoms with Crippen molar-refractivity contribution in [2.45, 2.75) is 62.5 Å². The number of aliphatic hydroxyl groups is 3. The number of carbonyl (C=O) groups excluding carboxylic acids is 2. The molecule has 3 fully saturated rings. The highest BCUT2D eigenvalue weighted by atomic mass is 16.8. The molecule has 8 rings (SSSR count). The van der Waals surface area contributed by atoms with Gasteiger partial charge < -0.3 is 78.5 Å². The van der Waals surface area contributed by atoms with Gasteiger partial charge in [-0.25, -0.2) is 4.57 Å². The second-order valence-corrected chi connectivity index (χ2v) is 13.7. The number of carbonyl (C=O) groups is 2. The van der Waals surface area contributed by atoms with Crippen LogP contribution >= 0.6 is 0 Å². The molecule has 0 spiro atoms. The maximum Gasteiger partial charge on any atom is 0.435 e. The number of rotatable bonds is 10. The van der Waals surface area contributed by atoms with Gasteiger partial charge in [0.1, 0.15) is 36.8 Å². The number of fused-ring (bicyclic) bond motifs is 4. The van der Waals surface area contributed by atoms with E-state index in [0.717, 1.165) is 4.57 Å². The molecule has 3 saturated heterocycles. The minimum atomic E-state index is -1.44. The first-order valence-corrected chi connectivity index (χ1v) is 18.0. The number of phenols is 1. The summed E-state index contributed by atoms with van der Waals surface area (Å²) in [5.41, 5.74) is 2.01. The van der Waals surface area contributed by atoms with Crippen LogP contribution in [0.2, 0.25) is 0 Å². The number of amides is 1. The average Bonchev–Trinajstić information content (AvgIpc) is 3.96. The van der Waals surface area contributed by atoms with Crippen LogP contribution in [0.4, 0.5) is 5.95 Å². The monoisotopic (exact) mass is 802 g/mol. The summed E-state index contributed by atoms with van der Waals surface area (Å²) in [7, 11) is 2.86. The number of aromatic nitrogens is 2. The molecular formula is C36H42N4O17. The molecule has 21 nitrogen and oxygen atoms in total. The lowest BCUT2D eigenvalue weighted by Gasteiger charge is -2.47. The molecule has 1 aromatic heterocycles. The third-order valence-electron chi connectivity index (χ3n) is 10.4. The van der Waals surface area contributed by atoms with Gasteiger partial charge in [-0.15, -0.1) is 0 Å². The van der Waals surface area contributed by atoms with E-state index in [4.69, 9.17) is 47.7 Å². The van der Waals surface area contributed by atoms with Gasteiger partial charge in [0, 0.05) is 18.4 Å². The van der Waals surface area contributed by atoms with Crippen LogP contribution in [0.25, 0.3) is 0 Å². The molecule has 2 aromatic carbocycles. The molecule has 0 bridgehead atoms. The number of hydrogen-bond donors (Lipinski definition) is 5. The van der Waals surface area contributed by atoms with Crippen LogP contribution in [0.3, 0.4) is 0 Å². The Kier molecular flexibility index (Phi) is 11.7. The summed E-state index contributed by atoms with van der Waals surface area (Å²) in [6.07, 6.45) is -4.21. The molecule has 308 valence electrons. The average molecular weight is 803 g/mol. The summed E-state index contributed by atoms with van der Waals surface area (Å²) in [6, 6.07) is 6.93. The Labute approximate surface area is 324 Å². The number of methoxy groups -OCH3 is 2. The van der Waals surface area contributed by atoms with E-state index >= 15 is 0 Å². The largest absolute Gasteiger partial charge is 0.502 e. The molecule has 1 amide bonds. The smallest absolute Gasteiger partial charge is 0.435 e. The Morgan fingerprint density at radius 1 is 1.04 bits per heavy atom. The predicted molar refractivity (Wildman–Crippen MR) is 187 cm³/mol. The number of benzene rings is 2. The van der Waals surface area contributed by atoms with Crippen molar-refractivity contribution in [1.29, 1.82) is 0 Å². The lowest BCUT2D eigenvalue weighted by molar-refractivity contribution is -0.396. The Bertz CT molecular complexity index is 1950. The van der Waals surface area contributed by atoms with Crippen molar-refractivity contribution in [1.82, 2.24) is 14.9 Å². The molecule has 0 saturated carbocycles. The summed E-state index contributed by atoms with van der Waals surface area (Å²) in [6.45, 7) is 1.70. The van der Waals surface area contributed by atoms with Gasteiger partial charge in [0.15, 0.2) is 42.1 Å². The number of nitrogens with one attached hydrogen (secondary N) is 1. The van der Waals surface area contributed by atoms with Crippen LogP contribution in [0, 0.1) is 22.0 Å². The minimum absolute atomic E-state index is 0.0301. The number of aliphatic hydroxyl groups excluding tert-OH is 3. The van der Waals surface area contributed by atoms with E-state index in [2.05, 4.69) is 10.3 Å². The van der Waals surface area contributed by atoms with Gasteiger partial charge in [-0.3, -0.25) is 9.59 Å². The zero-order valence-electron chi connectivity index (χ0n) is 30.9. The third kappa shape index (κ3) is 7.74. The molecule has 0 radical (unpaired) electrons. The number of ether oxygens (including phenoxy) is 9. The van der Waals surface area contributed by atoms with Gasteiger partial charge in [0.05, 0.1) is 46.1 Å². The molecule has 4 aliphatic heterocycles. The van der Waals surface area contributed by atoms with Crippen LogP contribution in [-0.2, 0) is 39.8 Å². The maximum atomic E-state index is 13.4. The molecule has 5 aliphatic rings. The Morgan fingerprint density at radius 3 is 2.40 bits per heavy atom. The molecule has 21 heteroatoms. The Morgan fingerprint density at radius 2 is 1.74 bits per heavy atom. The summed E-state index contributed by atoms with van der Waals surface area (Å²) in [5, 5.41) is 53.8. The number of esters is 1. The van der Waals surface area contributed by atoms with Crippen molar-refractivity contribution in [3.05, 3.63) is 63.5 Å². The first-order chi connectivity index (χ1) is 27.4. The lowest BCUT2D eigenvalue weighted by Crippen LogP contribution is -2.63. The van der Waals surface area contributed by atoms with E-state index in [0.29, 0.717) is 28.2 Å². The van der Waals surface area contributed by atoms with E-state index in [-0.39, 0.29) is 62.9 Å². The molecule has 3 aromatic rings. The Balaban J connectivity index is 0.000000280. The molecule has 1 aliphatic carbocycles. The van der Waals surface area contributed by atoms with Gasteiger partial charge in [-0.05, 0) is 52.8 Å². The van der Waals surface area contributed by atoms with Gasteiger partial charge in [-0.1, -0.05) is 4.98 Å². The number of nitro groups is 1. The summed E-state index contributed by atoms with van der Waals surface area (Å²) in [4.78, 5) is 37.8. The van der Waals surface area contributed by atoms with Gasteiger partial charge in [0.25, 0.3) is 5.91 Å². The van der Waals surface area contributed by atoms with Crippen molar-refractivity contribution < 1.29 is 77.6 Å². The van der Waals surface area contributed by atoms with Crippen molar-refractivity contribution in [3.8, 4) is 28.7 Å². The Hall–Kier alpha value is -5.29. The van der Waals surface area contributed by atoms with Crippen LogP contribution in [0.15, 0.2) is 36.7 Å². The first-order valence-electron chi connectivity index (χ1n) is 18.0. The third-order valence-corrected chi connectivity index (χ3v) is 10.4. The minimum Gasteiger partial charge on any atom is -0.502 e. The van der Waals surface area contributed by atoms with Crippen LogP contribution in [-0.4, -0.2) is 131 Å². The quantitative estimate of drug-likeness (QED) is 0.104. The molecule has 5 N–H and O–H groups in total. The van der Waals surface area contributed by atoms with Crippen molar-refractivity contribution in [3.63, 3.8) is 0 Å². The summed E-state index contributed by atoms with van der Waals surface area (Å²) < 4.78 is 52.6. The molecule has 57 heavy (non-hydrogen) atoms. The number of aromatic hydroxyl groups is 1. The highest BCUT2D eigenvalue weighted by molar-refractivity contribution is 5.79. The number of cyclic esters (lactones) is 1. The fourth-order valence-electron chi connectivity index (χ4n) is 7.74. The van der Waals surface area contributed by atoms with E-state index < -0.39 is 77.7 Å². The van der Waals surface area contributed by atoms with Crippen molar-refractivity contribution in [2.75, 3.05) is 47.4 Å². The normalized spacial score (nSPS) is 29.5. The summed E-state index contributed by atoms with van der Waals surface area (Å²) >= 11 is 0. The maximum absolute atomic E-state index is 13.4. The number of nitrogens with zero attached hydrogens (tertiary/aromatic N) is 3. The molecule has 5 heterocycles. The SMILES string of the molecule is COc1cc([C@@H]2c3cc4c(cc3[C@@H](O[C@@H]3O[C@@H]5CO[C@@H](C)O[C@H]5[C@H](O)[C@H]3O)[C@H]3COC(=O)[C@H]23)OCO4)cc(OC)c1O.O=C(Cn1ccnc1[N+](=O)[O-])NCCO. The number of hydrogen-bond acceptors (Lipinski definition) is 18. The number of imidazole rings is 1. The second kappa shape index (κ2) is 16.7. The molecule has 0 unspecified atom stereocenters. The second-order valence-electron chi connectivity index (χ2n) is 13.7. The standard InChI is InChI=1S/C29H32O13.C7H10N4O4/c1-11-36-9-20-27(40-11)24(31)25(32)29(41-20)42-26-14-7-17-16(38-10-39-17)6-13(14)21(22-15(26)8-37-28(22)33)12-4-18(34-2)23(30)19(5-12)35-3;12-4-2-8-6(13)5-10-3-1-9-7(10)11(14)15/h4-7,11,15,20-22,24-27,29-32H,8-10H2,1-3H3;1,3,12H,2,4-5H2,(H,8,13)/t11-,15+,20-,21-,22+,24-,25-,26-,27-,29+;/m1./s1. The molecule has 10 atom stereocenters. The van der Waals surface area contributed by atoms with Crippen molar-refractivity contribution >= 4 is 17.8 Å². The zero-order chi connectivity index (χ0) is 40.5.